The van der Waals surface area contributed by atoms with Gasteiger partial charge in [0.2, 0.25) is 5.88 Å². The molecule has 1 aromatic carbocycles. The summed E-state index contributed by atoms with van der Waals surface area (Å²) < 4.78 is 22.4. The molecule has 194 valence electrons. The van der Waals surface area contributed by atoms with Gasteiger partial charge in [0.05, 0.1) is 37.7 Å². The van der Waals surface area contributed by atoms with Crippen LogP contribution in [0.4, 0.5) is 5.82 Å². The Morgan fingerprint density at radius 2 is 1.66 bits per heavy atom. The lowest BCUT2D eigenvalue weighted by molar-refractivity contribution is 0.215. The van der Waals surface area contributed by atoms with Crippen LogP contribution < -0.4 is 30.4 Å². The number of hydrogen-bond donors (Lipinski definition) is 2. The number of methoxy groups -OCH3 is 2. The molecular weight excluding hydrogens is 508 g/mol. The summed E-state index contributed by atoms with van der Waals surface area (Å²) in [4.78, 5) is 17.5. The van der Waals surface area contributed by atoms with Gasteiger partial charge < -0.3 is 30.4 Å². The Labute approximate surface area is 223 Å². The van der Waals surface area contributed by atoms with Crippen molar-refractivity contribution in [1.29, 1.82) is 0 Å². The topological polar surface area (TPSA) is 141 Å². The largest absolute Gasteiger partial charge is 0.493 e. The predicted octanol–water partition coefficient (Wildman–Crippen LogP) is 4.28. The zero-order valence-electron chi connectivity index (χ0n) is 20.7. The molecule has 4 aromatic heterocycles. The molecule has 0 aliphatic rings. The van der Waals surface area contributed by atoms with Crippen molar-refractivity contribution in [2.45, 2.75) is 6.04 Å². The zero-order chi connectivity index (χ0) is 26.6. The van der Waals surface area contributed by atoms with E-state index in [0.29, 0.717) is 39.8 Å². The lowest BCUT2D eigenvalue weighted by atomic mass is 10.0. The molecule has 0 bridgehead atoms. The standard InChI is InChI=1S/C27H25ClN6O4/c1-35-23-8-19-18-7-21(33-27(30)20(18)12-32-22(19)9-24(23)36-2)15-6-17(11-31-10-15)37-13-16(29)14-38-26-5-3-4-25(28)34-26/h3-12,16H,13-14,29H2,1-2H3,(H2,30,33)/t16-/m1/s1. The molecule has 0 aliphatic carbocycles. The van der Waals surface area contributed by atoms with E-state index in [1.165, 1.54) is 0 Å². The van der Waals surface area contributed by atoms with Crippen molar-refractivity contribution in [1.82, 2.24) is 19.9 Å². The zero-order valence-corrected chi connectivity index (χ0v) is 21.5. The lowest BCUT2D eigenvalue weighted by Crippen LogP contribution is -2.34. The summed E-state index contributed by atoms with van der Waals surface area (Å²) in [7, 11) is 3.18. The second kappa shape index (κ2) is 10.9. The first-order chi connectivity index (χ1) is 18.4. The van der Waals surface area contributed by atoms with E-state index < -0.39 is 6.04 Å². The van der Waals surface area contributed by atoms with E-state index >= 15 is 0 Å². The molecule has 4 heterocycles. The fraction of sp³-hybridized carbons (Fsp3) is 0.185. The molecule has 38 heavy (non-hydrogen) atoms. The van der Waals surface area contributed by atoms with Crippen molar-refractivity contribution in [3.8, 4) is 34.4 Å². The van der Waals surface area contributed by atoms with Crippen LogP contribution in [0.25, 0.3) is 32.9 Å². The number of rotatable bonds is 9. The van der Waals surface area contributed by atoms with Crippen molar-refractivity contribution in [2.75, 3.05) is 33.2 Å². The van der Waals surface area contributed by atoms with Crippen molar-refractivity contribution in [3.05, 3.63) is 66.2 Å². The van der Waals surface area contributed by atoms with E-state index in [0.717, 1.165) is 27.2 Å². The summed E-state index contributed by atoms with van der Waals surface area (Å²) in [6.07, 6.45) is 5.01. The van der Waals surface area contributed by atoms with Gasteiger partial charge >= 0.3 is 0 Å². The van der Waals surface area contributed by atoms with Crippen LogP contribution in [0.1, 0.15) is 0 Å². The van der Waals surface area contributed by atoms with Crippen LogP contribution in [0, 0.1) is 0 Å². The molecule has 0 unspecified atom stereocenters. The van der Waals surface area contributed by atoms with E-state index in [-0.39, 0.29) is 13.2 Å². The first kappa shape index (κ1) is 25.2. The minimum absolute atomic E-state index is 0.205. The molecule has 4 N–H and O–H groups in total. The van der Waals surface area contributed by atoms with Gasteiger partial charge in [0.15, 0.2) is 11.5 Å². The van der Waals surface area contributed by atoms with Crippen molar-refractivity contribution >= 4 is 39.1 Å². The molecule has 0 saturated carbocycles. The maximum absolute atomic E-state index is 6.34. The fourth-order valence-corrected chi connectivity index (χ4v) is 4.11. The minimum Gasteiger partial charge on any atom is -0.493 e. The maximum atomic E-state index is 6.34. The number of fused-ring (bicyclic) bond motifs is 3. The highest BCUT2D eigenvalue weighted by Gasteiger charge is 2.14. The van der Waals surface area contributed by atoms with Crippen molar-refractivity contribution in [2.24, 2.45) is 5.73 Å². The second-order valence-corrected chi connectivity index (χ2v) is 8.81. The number of pyridine rings is 4. The number of nitrogens with zero attached hydrogens (tertiary/aromatic N) is 4. The maximum Gasteiger partial charge on any atom is 0.214 e. The van der Waals surface area contributed by atoms with E-state index in [9.17, 15) is 0 Å². The monoisotopic (exact) mass is 532 g/mol. The molecular formula is C27H25ClN6O4. The summed E-state index contributed by atoms with van der Waals surface area (Å²) in [5.74, 6) is 2.47. The van der Waals surface area contributed by atoms with Crippen LogP contribution in [-0.2, 0) is 0 Å². The van der Waals surface area contributed by atoms with Gasteiger partial charge in [-0.25, -0.2) is 9.97 Å². The average molecular weight is 533 g/mol. The van der Waals surface area contributed by atoms with Crippen LogP contribution >= 0.6 is 11.6 Å². The van der Waals surface area contributed by atoms with Crippen molar-refractivity contribution in [3.63, 3.8) is 0 Å². The molecule has 0 saturated heterocycles. The van der Waals surface area contributed by atoms with Gasteiger partial charge in [-0.05, 0) is 29.7 Å². The third kappa shape index (κ3) is 5.31. The molecule has 5 aromatic rings. The number of anilines is 1. The number of ether oxygens (including phenoxy) is 4. The van der Waals surface area contributed by atoms with Gasteiger partial charge in [0, 0.05) is 40.9 Å². The predicted molar refractivity (Wildman–Crippen MR) is 146 cm³/mol. The normalized spacial score (nSPS) is 11.9. The van der Waals surface area contributed by atoms with Gasteiger partial charge in [-0.2, -0.15) is 0 Å². The SMILES string of the molecule is COc1cc2ncc3c(N)nc(-c4cncc(OC[C@@H](N)COc5cccc(Cl)n5)c4)cc3c2cc1OC. The Balaban J connectivity index is 1.38. The number of nitrogen functional groups attached to an aromatic ring is 1. The van der Waals surface area contributed by atoms with Gasteiger partial charge in [0.1, 0.15) is 29.9 Å². The Kier molecular flexibility index (Phi) is 7.25. The van der Waals surface area contributed by atoms with Crippen molar-refractivity contribution < 1.29 is 18.9 Å². The smallest absolute Gasteiger partial charge is 0.214 e. The number of halogens is 1. The number of hydrogen-bond acceptors (Lipinski definition) is 10. The third-order valence-corrected chi connectivity index (χ3v) is 6.03. The number of benzene rings is 1. The molecule has 0 fully saturated rings. The molecule has 0 spiro atoms. The van der Waals surface area contributed by atoms with Gasteiger partial charge in [-0.1, -0.05) is 17.7 Å². The van der Waals surface area contributed by atoms with Gasteiger partial charge in [0.25, 0.3) is 0 Å². The highest BCUT2D eigenvalue weighted by molar-refractivity contribution is 6.29. The third-order valence-electron chi connectivity index (χ3n) is 5.82. The number of nitrogens with two attached hydrogens (primary N) is 2. The molecule has 11 heteroatoms. The van der Waals surface area contributed by atoms with Crippen LogP contribution in [0.3, 0.4) is 0 Å². The van der Waals surface area contributed by atoms with Crippen LogP contribution in [0.15, 0.2) is 61.1 Å². The molecule has 0 amide bonds. The van der Waals surface area contributed by atoms with E-state index in [1.807, 2.05) is 24.3 Å². The first-order valence-electron chi connectivity index (χ1n) is 11.6. The Bertz CT molecular complexity index is 1620. The molecule has 0 radical (unpaired) electrons. The Hall–Kier alpha value is -4.41. The summed E-state index contributed by atoms with van der Waals surface area (Å²) in [6, 6.07) is 12.2. The quantitative estimate of drug-likeness (QED) is 0.209. The Morgan fingerprint density at radius 1 is 0.868 bits per heavy atom. The van der Waals surface area contributed by atoms with E-state index in [4.69, 9.17) is 42.0 Å². The number of aromatic nitrogens is 4. The summed E-state index contributed by atoms with van der Waals surface area (Å²) >= 11 is 5.88. The highest BCUT2D eigenvalue weighted by atomic mass is 35.5. The second-order valence-electron chi connectivity index (χ2n) is 8.43. The molecule has 0 aliphatic heterocycles. The minimum atomic E-state index is -0.403. The molecule has 5 rings (SSSR count). The average Bonchev–Trinajstić information content (AvgIpc) is 2.94. The molecule has 1 atom stereocenters. The van der Waals surface area contributed by atoms with Gasteiger partial charge in [-0.3, -0.25) is 9.97 Å². The highest BCUT2D eigenvalue weighted by Crippen LogP contribution is 2.37. The fourth-order valence-electron chi connectivity index (χ4n) is 3.96. The summed E-state index contributed by atoms with van der Waals surface area (Å²) in [6.45, 7) is 0.412. The van der Waals surface area contributed by atoms with E-state index in [1.54, 1.807) is 51.0 Å². The molecule has 10 nitrogen and oxygen atoms in total. The Morgan fingerprint density at radius 3 is 2.45 bits per heavy atom. The van der Waals surface area contributed by atoms with E-state index in [2.05, 4.69) is 19.9 Å². The lowest BCUT2D eigenvalue weighted by Gasteiger charge is -2.15. The van der Waals surface area contributed by atoms with Crippen LogP contribution in [0.2, 0.25) is 5.15 Å². The summed E-state index contributed by atoms with van der Waals surface area (Å²) in [5, 5.41) is 2.81. The first-order valence-corrected chi connectivity index (χ1v) is 12.0. The van der Waals surface area contributed by atoms with Crippen LogP contribution in [-0.4, -0.2) is 53.4 Å². The van der Waals surface area contributed by atoms with Gasteiger partial charge in [-0.15, -0.1) is 0 Å². The summed E-state index contributed by atoms with van der Waals surface area (Å²) in [5.41, 5.74) is 14.6. The van der Waals surface area contributed by atoms with Crippen LogP contribution in [0.5, 0.6) is 23.1 Å².